The molecule has 0 saturated heterocycles. The first-order valence-electron chi connectivity index (χ1n) is 6.87. The van der Waals surface area contributed by atoms with Crippen LogP contribution < -0.4 is 5.73 Å². The summed E-state index contributed by atoms with van der Waals surface area (Å²) in [6.45, 7) is 8.22. The van der Waals surface area contributed by atoms with Gasteiger partial charge in [0.25, 0.3) is 0 Å². The standard InChI is InChI=1S/C16H24N2O2S/c1-13(16(2,3)4)18(5)21(19,20)15-10-6-8-14(12-15)9-7-11-17/h6,8,10,12-13H,11,17H2,1-5H3. The fourth-order valence-corrected chi connectivity index (χ4v) is 3.40. The van der Waals surface area contributed by atoms with Crippen molar-refractivity contribution >= 4 is 10.0 Å². The molecule has 116 valence electrons. The Balaban J connectivity index is 3.19. The molecule has 0 heterocycles. The average molecular weight is 308 g/mol. The molecule has 0 spiro atoms. The second kappa shape index (κ2) is 6.61. The molecule has 0 bridgehead atoms. The third-order valence-corrected chi connectivity index (χ3v) is 5.57. The number of sulfonamides is 1. The van der Waals surface area contributed by atoms with Gasteiger partial charge in [-0.25, -0.2) is 8.42 Å². The number of rotatable bonds is 3. The van der Waals surface area contributed by atoms with E-state index < -0.39 is 10.0 Å². The van der Waals surface area contributed by atoms with Crippen LogP contribution in [0.3, 0.4) is 0 Å². The van der Waals surface area contributed by atoms with Gasteiger partial charge in [-0.15, -0.1) is 0 Å². The largest absolute Gasteiger partial charge is 0.320 e. The third kappa shape index (κ3) is 4.31. The van der Waals surface area contributed by atoms with Gasteiger partial charge >= 0.3 is 0 Å². The van der Waals surface area contributed by atoms with Crippen LogP contribution in [0.15, 0.2) is 29.2 Å². The van der Waals surface area contributed by atoms with E-state index in [1.807, 2.05) is 27.7 Å². The van der Waals surface area contributed by atoms with Gasteiger partial charge in [0, 0.05) is 18.7 Å². The summed E-state index contributed by atoms with van der Waals surface area (Å²) in [5, 5.41) is 0. The van der Waals surface area contributed by atoms with Crippen molar-refractivity contribution in [3.8, 4) is 11.8 Å². The van der Waals surface area contributed by atoms with Crippen LogP contribution in [0.1, 0.15) is 33.3 Å². The molecule has 5 heteroatoms. The molecule has 1 unspecified atom stereocenters. The number of hydrogen-bond acceptors (Lipinski definition) is 3. The molecule has 0 amide bonds. The van der Waals surface area contributed by atoms with E-state index in [4.69, 9.17) is 5.73 Å². The van der Waals surface area contributed by atoms with E-state index in [0.717, 1.165) is 0 Å². The van der Waals surface area contributed by atoms with E-state index in [2.05, 4.69) is 11.8 Å². The fraction of sp³-hybridized carbons (Fsp3) is 0.500. The van der Waals surface area contributed by atoms with E-state index in [-0.39, 0.29) is 22.9 Å². The van der Waals surface area contributed by atoms with Crippen LogP contribution in [-0.4, -0.2) is 32.4 Å². The van der Waals surface area contributed by atoms with Crippen molar-refractivity contribution in [3.63, 3.8) is 0 Å². The summed E-state index contributed by atoms with van der Waals surface area (Å²) in [5.41, 5.74) is 5.85. The van der Waals surface area contributed by atoms with Gasteiger partial charge < -0.3 is 5.73 Å². The van der Waals surface area contributed by atoms with E-state index >= 15 is 0 Å². The van der Waals surface area contributed by atoms with Crippen molar-refractivity contribution in [2.24, 2.45) is 11.1 Å². The Hall–Kier alpha value is -1.35. The molecule has 0 aromatic heterocycles. The van der Waals surface area contributed by atoms with Gasteiger partial charge in [-0.2, -0.15) is 4.31 Å². The predicted octanol–water partition coefficient (Wildman–Crippen LogP) is 2.05. The SMILES string of the molecule is CC(N(C)S(=O)(=O)c1cccc(C#CCN)c1)C(C)(C)C. The highest BCUT2D eigenvalue weighted by molar-refractivity contribution is 7.89. The van der Waals surface area contributed by atoms with Crippen LogP contribution in [0, 0.1) is 17.3 Å². The van der Waals surface area contributed by atoms with Crippen molar-refractivity contribution in [2.75, 3.05) is 13.6 Å². The predicted molar refractivity (Wildman–Crippen MR) is 86.2 cm³/mol. The monoisotopic (exact) mass is 308 g/mol. The Morgan fingerprint density at radius 1 is 1.33 bits per heavy atom. The Labute approximate surface area is 128 Å². The Kier molecular flexibility index (Phi) is 5.57. The highest BCUT2D eigenvalue weighted by Crippen LogP contribution is 2.27. The first-order chi connectivity index (χ1) is 9.60. The zero-order valence-electron chi connectivity index (χ0n) is 13.3. The molecule has 2 N–H and O–H groups in total. The van der Waals surface area contributed by atoms with Gasteiger partial charge in [0.2, 0.25) is 10.0 Å². The number of hydrogen-bond donors (Lipinski definition) is 1. The molecular weight excluding hydrogens is 284 g/mol. The van der Waals surface area contributed by atoms with E-state index in [1.165, 1.54) is 4.31 Å². The molecule has 1 rings (SSSR count). The maximum Gasteiger partial charge on any atom is 0.243 e. The van der Waals surface area contributed by atoms with Gasteiger partial charge in [0.15, 0.2) is 0 Å². The lowest BCUT2D eigenvalue weighted by atomic mass is 9.88. The molecular formula is C16H24N2O2S. The summed E-state index contributed by atoms with van der Waals surface area (Å²) in [4.78, 5) is 0.255. The molecule has 0 radical (unpaired) electrons. The van der Waals surface area contributed by atoms with Crippen LogP contribution in [-0.2, 0) is 10.0 Å². The van der Waals surface area contributed by atoms with Gasteiger partial charge in [-0.3, -0.25) is 0 Å². The quantitative estimate of drug-likeness (QED) is 0.869. The van der Waals surface area contributed by atoms with Crippen LogP contribution in [0.5, 0.6) is 0 Å². The minimum atomic E-state index is -3.53. The van der Waals surface area contributed by atoms with Gasteiger partial charge in [-0.05, 0) is 30.5 Å². The minimum absolute atomic E-state index is 0.124. The molecule has 21 heavy (non-hydrogen) atoms. The maximum absolute atomic E-state index is 12.7. The van der Waals surface area contributed by atoms with Crippen molar-refractivity contribution < 1.29 is 8.42 Å². The van der Waals surface area contributed by atoms with Gasteiger partial charge in [0.1, 0.15) is 0 Å². The van der Waals surface area contributed by atoms with Crippen molar-refractivity contribution in [1.29, 1.82) is 0 Å². The molecule has 1 aromatic carbocycles. The summed E-state index contributed by atoms with van der Waals surface area (Å²) in [5.74, 6) is 5.59. The number of nitrogens with zero attached hydrogens (tertiary/aromatic N) is 1. The normalized spacial score (nSPS) is 13.7. The summed E-state index contributed by atoms with van der Waals surface area (Å²) >= 11 is 0. The van der Waals surface area contributed by atoms with Crippen molar-refractivity contribution in [3.05, 3.63) is 29.8 Å². The van der Waals surface area contributed by atoms with E-state index in [1.54, 1.807) is 31.3 Å². The first kappa shape index (κ1) is 17.7. The summed E-state index contributed by atoms with van der Waals surface area (Å²) in [7, 11) is -1.92. The lowest BCUT2D eigenvalue weighted by molar-refractivity contribution is 0.216. The minimum Gasteiger partial charge on any atom is -0.320 e. The van der Waals surface area contributed by atoms with Gasteiger partial charge in [-0.1, -0.05) is 38.7 Å². The van der Waals surface area contributed by atoms with E-state index in [9.17, 15) is 8.42 Å². The molecule has 0 aliphatic rings. The Morgan fingerprint density at radius 3 is 2.48 bits per heavy atom. The molecule has 0 saturated carbocycles. The zero-order valence-corrected chi connectivity index (χ0v) is 14.2. The average Bonchev–Trinajstić information content (AvgIpc) is 2.42. The highest BCUT2D eigenvalue weighted by atomic mass is 32.2. The molecule has 0 fully saturated rings. The van der Waals surface area contributed by atoms with Crippen LogP contribution in [0.2, 0.25) is 0 Å². The van der Waals surface area contributed by atoms with E-state index in [0.29, 0.717) is 5.56 Å². The maximum atomic E-state index is 12.7. The molecule has 4 nitrogen and oxygen atoms in total. The van der Waals surface area contributed by atoms with Crippen LogP contribution in [0.25, 0.3) is 0 Å². The first-order valence-corrected chi connectivity index (χ1v) is 8.31. The molecule has 0 aliphatic carbocycles. The molecule has 1 aromatic rings. The number of nitrogens with two attached hydrogens (primary N) is 1. The van der Waals surface area contributed by atoms with Gasteiger partial charge in [0.05, 0.1) is 11.4 Å². The smallest absolute Gasteiger partial charge is 0.243 e. The fourth-order valence-electron chi connectivity index (χ4n) is 1.81. The Morgan fingerprint density at radius 2 is 1.95 bits per heavy atom. The number of benzene rings is 1. The van der Waals surface area contributed by atoms with Crippen LogP contribution in [0.4, 0.5) is 0 Å². The third-order valence-electron chi connectivity index (χ3n) is 3.64. The topological polar surface area (TPSA) is 63.4 Å². The molecule has 0 aliphatic heterocycles. The summed E-state index contributed by atoms with van der Waals surface area (Å²) < 4.78 is 26.8. The lowest BCUT2D eigenvalue weighted by Crippen LogP contribution is -2.42. The molecule has 1 atom stereocenters. The van der Waals surface area contributed by atoms with Crippen molar-refractivity contribution in [2.45, 2.75) is 38.6 Å². The highest BCUT2D eigenvalue weighted by Gasteiger charge is 2.32. The second-order valence-electron chi connectivity index (χ2n) is 6.10. The second-order valence-corrected chi connectivity index (χ2v) is 8.09. The summed E-state index contributed by atoms with van der Waals surface area (Å²) in [6, 6.07) is 6.53. The van der Waals surface area contributed by atoms with Crippen LogP contribution >= 0.6 is 0 Å². The lowest BCUT2D eigenvalue weighted by Gasteiger charge is -2.34. The zero-order chi connectivity index (χ0) is 16.3. The Bertz CT molecular complexity index is 649. The van der Waals surface area contributed by atoms with Crippen molar-refractivity contribution in [1.82, 2.24) is 4.31 Å². The summed E-state index contributed by atoms with van der Waals surface area (Å²) in [6.07, 6.45) is 0.